The summed E-state index contributed by atoms with van der Waals surface area (Å²) in [6.45, 7) is 7.17. The molecule has 0 unspecified atom stereocenters. The van der Waals surface area contributed by atoms with Gasteiger partial charge in [0.2, 0.25) is 0 Å². The van der Waals surface area contributed by atoms with Crippen LogP contribution < -0.4 is 0 Å². The smallest absolute Gasteiger partial charge is 0.421 e. The van der Waals surface area contributed by atoms with Crippen LogP contribution in [0.2, 0.25) is 0 Å². The second-order valence-corrected chi connectivity index (χ2v) is 10.4. The topological polar surface area (TPSA) is 82.4 Å². The fourth-order valence-electron chi connectivity index (χ4n) is 1.87. The lowest BCUT2D eigenvalue weighted by atomic mass is 10.1. The summed E-state index contributed by atoms with van der Waals surface area (Å²) >= 11 is 0. The molecule has 0 aliphatic heterocycles. The van der Waals surface area contributed by atoms with E-state index in [9.17, 15) is 43.2 Å². The van der Waals surface area contributed by atoms with Crippen molar-refractivity contribution in [3.8, 4) is 0 Å². The van der Waals surface area contributed by atoms with Gasteiger partial charge in [0.05, 0.1) is 27.2 Å². The molecule has 0 fully saturated rings. The summed E-state index contributed by atoms with van der Waals surface area (Å²) in [7, 11) is -8.78. The van der Waals surface area contributed by atoms with Crippen LogP contribution in [0.5, 0.6) is 0 Å². The quantitative estimate of drug-likeness (QED) is 0.239. The van der Waals surface area contributed by atoms with Crippen LogP contribution in [-0.4, -0.2) is 59.5 Å². The Morgan fingerprint density at radius 1 is 0.690 bits per heavy atom. The number of halogens is 6. The summed E-state index contributed by atoms with van der Waals surface area (Å²) in [6, 6.07) is 0. The van der Waals surface area contributed by atoms with Crippen LogP contribution in [0, 0.1) is 0 Å². The zero-order chi connectivity index (χ0) is 23.6. The monoisotopic (exact) mass is 480 g/mol. The molecule has 0 atom stereocenters. The largest absolute Gasteiger partial charge is 0.480 e. The number of quaternary nitrogens is 1. The summed E-state index contributed by atoms with van der Waals surface area (Å²) in [5.74, 6) is 0. The maximum atomic E-state index is 11.4. The van der Waals surface area contributed by atoms with Crippen molar-refractivity contribution in [3.05, 3.63) is 4.13 Å². The first-order chi connectivity index (χ1) is 12.8. The molecule has 0 saturated carbocycles. The van der Waals surface area contributed by atoms with Crippen molar-refractivity contribution in [3.63, 3.8) is 0 Å². The van der Waals surface area contributed by atoms with Crippen molar-refractivity contribution in [2.75, 3.05) is 27.2 Å². The highest BCUT2D eigenvalue weighted by Gasteiger charge is 2.46. The van der Waals surface area contributed by atoms with E-state index >= 15 is 0 Å². The highest BCUT2D eigenvalue weighted by atomic mass is 32.3. The predicted molar refractivity (Wildman–Crippen MR) is 98.8 cm³/mol. The second kappa shape index (κ2) is 12.3. The van der Waals surface area contributed by atoms with Gasteiger partial charge in [0.1, 0.15) is 0 Å². The second-order valence-electron chi connectivity index (χ2n) is 7.01. The van der Waals surface area contributed by atoms with Crippen molar-refractivity contribution in [2.24, 2.45) is 0 Å². The molecule has 29 heavy (non-hydrogen) atoms. The highest BCUT2D eigenvalue weighted by molar-refractivity contribution is 8.13. The van der Waals surface area contributed by atoms with E-state index in [-0.39, 0.29) is 0 Å². The lowest BCUT2D eigenvalue weighted by Crippen LogP contribution is -2.39. The summed E-state index contributed by atoms with van der Waals surface area (Å²) in [4.78, 5) is 0. The van der Waals surface area contributed by atoms with E-state index in [2.05, 4.69) is 27.9 Å². The molecule has 0 aromatic heterocycles. The van der Waals surface area contributed by atoms with Gasteiger partial charge in [0.15, 0.2) is 20.0 Å². The van der Waals surface area contributed by atoms with Crippen molar-refractivity contribution >= 4 is 20.0 Å². The average molecular weight is 481 g/mol. The SMILES string of the molecule is CCCCCCCCC[N+](C)(C)CC.O=S(=O)([N-]S(=O)(=O)C(F)(F)F)C(F)(F)F. The Hall–Kier alpha value is -0.600. The number of unbranched alkanes of at least 4 members (excludes halogenated alkanes) is 6. The minimum atomic E-state index is -6.72. The number of nitrogens with zero attached hydrogens (tertiary/aromatic N) is 2. The Bertz CT molecular complexity index is 617. The Balaban J connectivity index is 0. The predicted octanol–water partition coefficient (Wildman–Crippen LogP) is 4.89. The zero-order valence-electron chi connectivity index (χ0n) is 17.0. The summed E-state index contributed by atoms with van der Waals surface area (Å²) < 4.78 is 110. The molecule has 0 heterocycles. The number of hydrogen-bond acceptors (Lipinski definition) is 4. The average Bonchev–Trinajstić information content (AvgIpc) is 2.51. The fourth-order valence-corrected chi connectivity index (χ4v) is 3.58. The van der Waals surface area contributed by atoms with Gasteiger partial charge in [-0.25, -0.2) is 16.8 Å². The van der Waals surface area contributed by atoms with Crippen LogP contribution in [0.15, 0.2) is 0 Å². The Morgan fingerprint density at radius 2 is 1.03 bits per heavy atom. The van der Waals surface area contributed by atoms with Crippen LogP contribution in [0.25, 0.3) is 4.13 Å². The molecule has 0 aromatic rings. The van der Waals surface area contributed by atoms with Crippen LogP contribution in [-0.2, 0) is 20.0 Å². The van der Waals surface area contributed by atoms with E-state index in [1.165, 1.54) is 62.5 Å². The number of hydrogen-bond donors (Lipinski definition) is 0. The molecule has 0 rings (SSSR count). The molecule has 0 saturated heterocycles. The number of sulfonamides is 2. The molecule has 0 N–H and O–H groups in total. The van der Waals surface area contributed by atoms with Gasteiger partial charge in [-0.1, -0.05) is 39.0 Å². The lowest BCUT2D eigenvalue weighted by Gasteiger charge is -2.28. The van der Waals surface area contributed by atoms with Crippen molar-refractivity contribution in [1.29, 1.82) is 0 Å². The number of alkyl halides is 6. The Kier molecular flexibility index (Phi) is 13.0. The normalized spacial score (nSPS) is 13.7. The highest BCUT2D eigenvalue weighted by Crippen LogP contribution is 2.36. The van der Waals surface area contributed by atoms with Crippen molar-refractivity contribution < 1.29 is 47.7 Å². The van der Waals surface area contributed by atoms with Gasteiger partial charge in [-0.05, 0) is 19.8 Å². The van der Waals surface area contributed by atoms with Crippen LogP contribution in [0.3, 0.4) is 0 Å². The van der Waals surface area contributed by atoms with E-state index in [4.69, 9.17) is 0 Å². The maximum absolute atomic E-state index is 11.4. The molecule has 6 nitrogen and oxygen atoms in total. The van der Waals surface area contributed by atoms with Gasteiger partial charge in [-0.15, -0.1) is 0 Å². The van der Waals surface area contributed by atoms with E-state index in [1.54, 1.807) is 0 Å². The first kappa shape index (κ1) is 30.6. The van der Waals surface area contributed by atoms with Crippen LogP contribution >= 0.6 is 0 Å². The molecule has 0 spiro atoms. The first-order valence-electron chi connectivity index (χ1n) is 9.02. The van der Waals surface area contributed by atoms with E-state index in [1.807, 2.05) is 0 Å². The Morgan fingerprint density at radius 3 is 1.34 bits per heavy atom. The van der Waals surface area contributed by atoms with Gasteiger partial charge in [0, 0.05) is 0 Å². The summed E-state index contributed by atoms with van der Waals surface area (Å²) in [6.07, 6.45) is 9.98. The standard InChI is InChI=1S/C13H30N.C2F6NO4S2/c1-5-7-8-9-10-11-12-13-14(3,4)6-2;3-1(4,5)14(10,11)9-15(12,13)2(6,7)8/h5-13H2,1-4H3;/q+1;-1. The molecule has 0 radical (unpaired) electrons. The van der Waals surface area contributed by atoms with Crippen molar-refractivity contribution in [1.82, 2.24) is 0 Å². The molecule has 0 aliphatic rings. The lowest BCUT2D eigenvalue weighted by molar-refractivity contribution is -0.888. The van der Waals surface area contributed by atoms with Gasteiger partial charge >= 0.3 is 11.0 Å². The third-order valence-electron chi connectivity index (χ3n) is 4.00. The molecule has 0 aliphatic carbocycles. The minimum absolute atomic E-state index is 0.778. The first-order valence-corrected chi connectivity index (χ1v) is 11.9. The summed E-state index contributed by atoms with van der Waals surface area (Å²) in [5, 5.41) is 0. The minimum Gasteiger partial charge on any atom is -0.421 e. The molecular weight excluding hydrogens is 450 g/mol. The zero-order valence-corrected chi connectivity index (χ0v) is 18.6. The van der Waals surface area contributed by atoms with E-state index < -0.39 is 31.1 Å². The number of rotatable bonds is 11. The van der Waals surface area contributed by atoms with Gasteiger partial charge in [0.25, 0.3) is 0 Å². The van der Waals surface area contributed by atoms with Crippen LogP contribution in [0.4, 0.5) is 26.3 Å². The van der Waals surface area contributed by atoms with Gasteiger partial charge < -0.3 is 8.61 Å². The van der Waals surface area contributed by atoms with Crippen LogP contribution in [0.1, 0.15) is 58.8 Å². The third-order valence-corrected chi connectivity index (χ3v) is 6.74. The molecule has 0 amide bonds. The fraction of sp³-hybridized carbons (Fsp3) is 1.00. The van der Waals surface area contributed by atoms with E-state index in [0.29, 0.717) is 0 Å². The molecular formula is C15H30F6N2O4S2. The van der Waals surface area contributed by atoms with E-state index in [0.717, 1.165) is 4.13 Å². The van der Waals surface area contributed by atoms with Gasteiger partial charge in [-0.2, -0.15) is 26.3 Å². The Labute approximate surface area is 169 Å². The van der Waals surface area contributed by atoms with Crippen molar-refractivity contribution in [2.45, 2.75) is 69.8 Å². The summed E-state index contributed by atoms with van der Waals surface area (Å²) in [5.41, 5.74) is -12.4. The molecule has 0 bridgehead atoms. The molecule has 0 aromatic carbocycles. The maximum Gasteiger partial charge on any atom is 0.480 e. The third kappa shape index (κ3) is 13.3. The molecule has 14 heteroatoms. The van der Waals surface area contributed by atoms with Gasteiger partial charge in [-0.3, -0.25) is 0 Å². The molecule has 178 valence electrons.